The third kappa shape index (κ3) is 6.54. The Labute approximate surface area is 121 Å². The molecule has 0 saturated heterocycles. The minimum absolute atomic E-state index is 0.0223. The number of benzene rings is 2. The Morgan fingerprint density at radius 1 is 1.00 bits per heavy atom. The van der Waals surface area contributed by atoms with Crippen LogP contribution in [0, 0.1) is 11.3 Å². The first-order chi connectivity index (χ1) is 9.24. The number of nitriles is 1. The number of ketones is 1. The Balaban J connectivity index is 0.000000250. The second-order valence-corrected chi connectivity index (χ2v) is 4.66. The lowest BCUT2D eigenvalue weighted by Gasteiger charge is -1.97. The van der Waals surface area contributed by atoms with Crippen LogP contribution in [0.4, 0.5) is 0 Å². The van der Waals surface area contributed by atoms with Gasteiger partial charge in [0.25, 0.3) is 0 Å². The molecule has 0 unspecified atom stereocenters. The average molecular weight is 316 g/mol. The van der Waals surface area contributed by atoms with Crippen LogP contribution in [0.5, 0.6) is 0 Å². The number of carbonyl (C=O) groups excluding carboxylic acids is 1. The molecule has 3 heteroatoms. The highest BCUT2D eigenvalue weighted by molar-refractivity contribution is 9.10. The van der Waals surface area contributed by atoms with Crippen LogP contribution in [0.3, 0.4) is 0 Å². The molecule has 0 aliphatic heterocycles. The van der Waals surface area contributed by atoms with Gasteiger partial charge in [0.1, 0.15) is 0 Å². The van der Waals surface area contributed by atoms with E-state index in [1.165, 1.54) is 0 Å². The van der Waals surface area contributed by atoms with Gasteiger partial charge in [-0.15, -0.1) is 0 Å². The van der Waals surface area contributed by atoms with Crippen LogP contribution < -0.4 is 0 Å². The summed E-state index contributed by atoms with van der Waals surface area (Å²) in [6.45, 7) is 0. The summed E-state index contributed by atoms with van der Waals surface area (Å²) in [5.74, 6) is 0.0223. The maximum absolute atomic E-state index is 11.3. The van der Waals surface area contributed by atoms with E-state index in [4.69, 9.17) is 5.26 Å². The molecule has 2 aromatic carbocycles. The van der Waals surface area contributed by atoms with E-state index in [-0.39, 0.29) is 12.2 Å². The van der Waals surface area contributed by atoms with Gasteiger partial charge in [-0.2, -0.15) is 5.26 Å². The van der Waals surface area contributed by atoms with Gasteiger partial charge in [-0.25, -0.2) is 0 Å². The molecule has 0 saturated carbocycles. The van der Waals surface area contributed by atoms with Crippen molar-refractivity contribution in [2.75, 3.05) is 0 Å². The van der Waals surface area contributed by atoms with Gasteiger partial charge < -0.3 is 0 Å². The Morgan fingerprint density at radius 2 is 1.47 bits per heavy atom. The summed E-state index contributed by atoms with van der Waals surface area (Å²) in [6, 6.07) is 21.1. The monoisotopic (exact) mass is 315 g/mol. The molecule has 2 aromatic rings. The molecule has 0 N–H and O–H groups in total. The number of rotatable bonds is 3. The zero-order valence-corrected chi connectivity index (χ0v) is 12.0. The number of halogens is 1. The zero-order valence-electron chi connectivity index (χ0n) is 10.4. The lowest BCUT2D eigenvalue weighted by molar-refractivity contribution is 0.0984. The van der Waals surface area contributed by atoms with Crippen molar-refractivity contribution in [1.29, 1.82) is 5.26 Å². The molecular weight excluding hydrogens is 302 g/mol. The van der Waals surface area contributed by atoms with Gasteiger partial charge in [-0.3, -0.25) is 4.79 Å². The van der Waals surface area contributed by atoms with E-state index < -0.39 is 0 Å². The number of nitrogens with zero attached hydrogens (tertiary/aromatic N) is 1. The van der Waals surface area contributed by atoms with Crippen molar-refractivity contribution in [1.82, 2.24) is 0 Å². The van der Waals surface area contributed by atoms with Gasteiger partial charge >= 0.3 is 0 Å². The Bertz CT molecular complexity index is 502. The van der Waals surface area contributed by atoms with Crippen molar-refractivity contribution in [2.24, 2.45) is 0 Å². The maximum atomic E-state index is 11.3. The highest BCUT2D eigenvalue weighted by atomic mass is 79.9. The molecule has 0 radical (unpaired) electrons. The minimum atomic E-state index is 0.0223. The van der Waals surface area contributed by atoms with E-state index in [9.17, 15) is 4.79 Å². The van der Waals surface area contributed by atoms with E-state index in [0.29, 0.717) is 12.0 Å². The van der Waals surface area contributed by atoms with Crippen LogP contribution in [0.1, 0.15) is 23.2 Å². The van der Waals surface area contributed by atoms with Crippen LogP contribution in [0.15, 0.2) is 65.1 Å². The van der Waals surface area contributed by atoms with Crippen molar-refractivity contribution in [3.05, 3.63) is 70.7 Å². The number of carbonyl (C=O) groups is 1. The van der Waals surface area contributed by atoms with Crippen LogP contribution in [0.25, 0.3) is 0 Å². The molecule has 0 bridgehead atoms. The summed E-state index contributed by atoms with van der Waals surface area (Å²) in [6.07, 6.45) is 0.590. The van der Waals surface area contributed by atoms with E-state index in [2.05, 4.69) is 15.9 Å². The van der Waals surface area contributed by atoms with Crippen LogP contribution in [-0.4, -0.2) is 5.78 Å². The predicted molar refractivity (Wildman–Crippen MR) is 79.8 cm³/mol. The standard InChI is InChI=1S/C10H8BrNO.C6H6/c11-9-5-3-8(4-6-9)10(13)2-1-7-12;1-2-4-6-5-3-1/h3-6H,1-2H2;1-6H. The Morgan fingerprint density at radius 3 is 1.89 bits per heavy atom. The van der Waals surface area contributed by atoms with Gasteiger partial charge in [0.05, 0.1) is 6.07 Å². The van der Waals surface area contributed by atoms with Crippen molar-refractivity contribution < 1.29 is 4.79 Å². The summed E-state index contributed by atoms with van der Waals surface area (Å²) >= 11 is 3.28. The summed E-state index contributed by atoms with van der Waals surface area (Å²) < 4.78 is 0.948. The molecule has 0 heterocycles. The number of hydrogen-bond donors (Lipinski definition) is 0. The zero-order chi connectivity index (χ0) is 13.9. The SMILES string of the molecule is N#CCCC(=O)c1ccc(Br)cc1.c1ccccc1. The molecule has 0 aliphatic carbocycles. The van der Waals surface area contributed by atoms with Crippen molar-refractivity contribution in [3.63, 3.8) is 0 Å². The highest BCUT2D eigenvalue weighted by Crippen LogP contribution is 2.12. The third-order valence-corrected chi connectivity index (χ3v) is 2.83. The molecule has 0 aliphatic rings. The van der Waals surface area contributed by atoms with E-state index in [1.807, 2.05) is 54.6 Å². The number of Topliss-reactive ketones (excluding diaryl/α,β-unsaturated/α-hetero) is 1. The predicted octanol–water partition coefficient (Wildman–Crippen LogP) is 4.62. The van der Waals surface area contributed by atoms with Crippen molar-refractivity contribution in [2.45, 2.75) is 12.8 Å². The normalized spacial score (nSPS) is 8.84. The largest absolute Gasteiger partial charge is 0.294 e. The average Bonchev–Trinajstić information content (AvgIpc) is 2.48. The van der Waals surface area contributed by atoms with Gasteiger partial charge in [-0.05, 0) is 12.1 Å². The highest BCUT2D eigenvalue weighted by Gasteiger charge is 2.03. The minimum Gasteiger partial charge on any atom is -0.294 e. The lowest BCUT2D eigenvalue weighted by atomic mass is 10.1. The topological polar surface area (TPSA) is 40.9 Å². The summed E-state index contributed by atoms with van der Waals surface area (Å²) in [4.78, 5) is 11.3. The van der Waals surface area contributed by atoms with E-state index >= 15 is 0 Å². The van der Waals surface area contributed by atoms with Gasteiger partial charge in [0, 0.05) is 22.9 Å². The molecule has 96 valence electrons. The van der Waals surface area contributed by atoms with E-state index in [0.717, 1.165) is 4.47 Å². The first kappa shape index (κ1) is 15.1. The van der Waals surface area contributed by atoms with Gasteiger partial charge in [0.2, 0.25) is 0 Å². The third-order valence-electron chi connectivity index (χ3n) is 2.30. The first-order valence-electron chi connectivity index (χ1n) is 5.90. The number of hydrogen-bond acceptors (Lipinski definition) is 2. The fraction of sp³-hybridized carbons (Fsp3) is 0.125. The maximum Gasteiger partial charge on any atom is 0.163 e. The Hall–Kier alpha value is -1.92. The van der Waals surface area contributed by atoms with Crippen LogP contribution in [0.2, 0.25) is 0 Å². The second-order valence-electron chi connectivity index (χ2n) is 3.74. The summed E-state index contributed by atoms with van der Waals surface area (Å²) in [5, 5.41) is 8.30. The molecule has 2 nitrogen and oxygen atoms in total. The quantitative estimate of drug-likeness (QED) is 0.775. The molecule has 2 rings (SSSR count). The second kappa shape index (κ2) is 9.07. The van der Waals surface area contributed by atoms with Crippen molar-refractivity contribution in [3.8, 4) is 6.07 Å². The molecule has 0 atom stereocenters. The van der Waals surface area contributed by atoms with Gasteiger partial charge in [0.15, 0.2) is 5.78 Å². The van der Waals surface area contributed by atoms with E-state index in [1.54, 1.807) is 12.1 Å². The van der Waals surface area contributed by atoms with Gasteiger partial charge in [-0.1, -0.05) is 64.5 Å². The fourth-order valence-electron chi connectivity index (χ4n) is 1.33. The fourth-order valence-corrected chi connectivity index (χ4v) is 1.60. The molecular formula is C16H14BrNO. The molecule has 0 aromatic heterocycles. The summed E-state index contributed by atoms with van der Waals surface area (Å²) in [7, 11) is 0. The molecule has 0 amide bonds. The molecule has 0 fully saturated rings. The Kier molecular flexibility index (Phi) is 7.23. The first-order valence-corrected chi connectivity index (χ1v) is 6.69. The molecule has 0 spiro atoms. The smallest absolute Gasteiger partial charge is 0.163 e. The van der Waals surface area contributed by atoms with Crippen LogP contribution in [-0.2, 0) is 0 Å². The molecule has 19 heavy (non-hydrogen) atoms. The van der Waals surface area contributed by atoms with Crippen molar-refractivity contribution >= 4 is 21.7 Å². The van der Waals surface area contributed by atoms with Crippen LogP contribution >= 0.6 is 15.9 Å². The lowest BCUT2D eigenvalue weighted by Crippen LogP contribution is -1.97. The summed E-state index contributed by atoms with van der Waals surface area (Å²) in [5.41, 5.74) is 0.665.